The average Bonchev–Trinajstić information content (AvgIpc) is 3.55. The molecule has 0 bridgehead atoms. The predicted octanol–water partition coefficient (Wildman–Crippen LogP) is 8.08. The largest absolute Gasteiger partial charge is 0.373 e. The highest BCUT2D eigenvalue weighted by Gasteiger charge is 2.32. The van der Waals surface area contributed by atoms with Crippen molar-refractivity contribution < 1.29 is 9.18 Å². The molecule has 3 aromatic carbocycles. The Labute approximate surface area is 289 Å². The number of carbonyl (C=O) groups is 1. The lowest BCUT2D eigenvalue weighted by Gasteiger charge is -2.42. The maximum atomic E-state index is 13.9. The molecule has 0 amide bonds. The minimum atomic E-state index is -0.546. The van der Waals surface area contributed by atoms with Crippen LogP contribution in [0.4, 0.5) is 21.5 Å². The van der Waals surface area contributed by atoms with Gasteiger partial charge in [-0.15, -0.1) is 5.53 Å². The Morgan fingerprint density at radius 3 is 2.52 bits per heavy atom. The summed E-state index contributed by atoms with van der Waals surface area (Å²) in [6, 6.07) is 17.5. The fraction of sp³-hybridized carbons (Fsp3) is 0.306. The second kappa shape index (κ2) is 13.6. The highest BCUT2D eigenvalue weighted by Crippen LogP contribution is 2.38. The molecule has 9 nitrogen and oxygen atoms in total. The lowest BCUT2D eigenvalue weighted by atomic mass is 9.97. The first-order valence-electron chi connectivity index (χ1n) is 15.8. The van der Waals surface area contributed by atoms with Crippen LogP contribution in [0.3, 0.4) is 0 Å². The summed E-state index contributed by atoms with van der Waals surface area (Å²) in [6.45, 7) is 10.3. The van der Waals surface area contributed by atoms with Gasteiger partial charge in [0, 0.05) is 59.4 Å². The molecule has 0 spiro atoms. The number of halogens is 3. The first-order chi connectivity index (χ1) is 22.9. The Balaban J connectivity index is 1.37. The van der Waals surface area contributed by atoms with Gasteiger partial charge in [-0.25, -0.2) is 4.39 Å². The number of pyridine rings is 1. The van der Waals surface area contributed by atoms with Crippen LogP contribution >= 0.6 is 23.2 Å². The Morgan fingerprint density at radius 1 is 1.08 bits per heavy atom. The lowest BCUT2D eigenvalue weighted by molar-refractivity contribution is 0.0570. The predicted molar refractivity (Wildman–Crippen MR) is 190 cm³/mol. The van der Waals surface area contributed by atoms with Crippen molar-refractivity contribution in [2.75, 3.05) is 23.7 Å². The van der Waals surface area contributed by atoms with Crippen LogP contribution in [0.15, 0.2) is 72.7 Å². The maximum absolute atomic E-state index is 13.9. The Bertz CT molecular complexity index is 1950. The second-order valence-electron chi connectivity index (χ2n) is 13.1. The van der Waals surface area contributed by atoms with Crippen molar-refractivity contribution in [3.05, 3.63) is 105 Å². The van der Waals surface area contributed by atoms with Crippen molar-refractivity contribution >= 4 is 57.0 Å². The van der Waals surface area contributed by atoms with Crippen LogP contribution in [0.1, 0.15) is 68.1 Å². The summed E-state index contributed by atoms with van der Waals surface area (Å²) in [5, 5.41) is 19.8. The van der Waals surface area contributed by atoms with Crippen molar-refractivity contribution in [2.24, 2.45) is 0 Å². The molecular formula is C36H37Cl2FN8O. The number of benzene rings is 3. The number of anilines is 3. The zero-order valence-corrected chi connectivity index (χ0v) is 28.7. The molecule has 1 atom stereocenters. The van der Waals surface area contributed by atoms with Crippen molar-refractivity contribution in [3.63, 3.8) is 0 Å². The summed E-state index contributed by atoms with van der Waals surface area (Å²) < 4.78 is 13.9. The third-order valence-corrected chi connectivity index (χ3v) is 9.47. The van der Waals surface area contributed by atoms with Gasteiger partial charge in [-0.1, -0.05) is 41.4 Å². The van der Waals surface area contributed by atoms with Gasteiger partial charge in [-0.2, -0.15) is 5.26 Å². The molecule has 12 heteroatoms. The van der Waals surface area contributed by atoms with Gasteiger partial charge >= 0.3 is 0 Å². The molecule has 2 aliphatic heterocycles. The van der Waals surface area contributed by atoms with E-state index in [1.165, 1.54) is 18.3 Å². The molecule has 2 aliphatic rings. The molecule has 0 radical (unpaired) electrons. The van der Waals surface area contributed by atoms with Crippen LogP contribution in [0.25, 0.3) is 10.9 Å². The standard InChI is InChI=1S/C36H37Cl2FN8O/c1-21(48)22-6-5-7-23(14-22)34(32-20-47(45-44-32)27-10-12-46(13-11-27)36(2,3)4)43-26-15-28-33(42-25-8-9-31(39)29(37)16-25)24(18-40)19-41-35(28)30(38)17-26/h5-9,14-17,19-20,27,34,43-45H,10-13H2,1-4H3,(H,41,42)/t34-/m0/s1. The minimum absolute atomic E-state index is 0.0326. The van der Waals surface area contributed by atoms with E-state index in [1.807, 2.05) is 24.3 Å². The number of nitrogens with zero attached hydrogens (tertiary/aromatic N) is 4. The molecule has 4 aromatic rings. The maximum Gasteiger partial charge on any atom is 0.159 e. The number of ketones is 1. The monoisotopic (exact) mass is 686 g/mol. The number of carbonyl (C=O) groups excluding carboxylic acids is 1. The second-order valence-corrected chi connectivity index (χ2v) is 14.0. The summed E-state index contributed by atoms with van der Waals surface area (Å²) in [5.74, 6) is -0.579. The number of hydrogen-bond acceptors (Lipinski definition) is 9. The summed E-state index contributed by atoms with van der Waals surface area (Å²) >= 11 is 12.9. The van der Waals surface area contributed by atoms with Gasteiger partial charge in [0.25, 0.3) is 0 Å². The van der Waals surface area contributed by atoms with E-state index in [-0.39, 0.29) is 21.9 Å². The van der Waals surface area contributed by atoms with E-state index in [1.54, 1.807) is 25.1 Å². The minimum Gasteiger partial charge on any atom is -0.373 e. The van der Waals surface area contributed by atoms with Gasteiger partial charge in [0.15, 0.2) is 5.78 Å². The van der Waals surface area contributed by atoms with Crippen LogP contribution in [0, 0.1) is 17.1 Å². The molecule has 1 saturated heterocycles. The topological polar surface area (TPSA) is 108 Å². The molecule has 48 heavy (non-hydrogen) atoms. The number of hydrogen-bond donors (Lipinski definition) is 4. The number of Topliss-reactive ketones (excluding diaryl/α,β-unsaturated/α-hetero) is 1. The van der Waals surface area contributed by atoms with Crippen LogP contribution in [-0.2, 0) is 0 Å². The van der Waals surface area contributed by atoms with Crippen LogP contribution < -0.4 is 21.6 Å². The first-order valence-corrected chi connectivity index (χ1v) is 16.6. The van der Waals surface area contributed by atoms with E-state index < -0.39 is 11.9 Å². The van der Waals surface area contributed by atoms with E-state index in [4.69, 9.17) is 23.2 Å². The Hall–Kier alpha value is -4.40. The average molecular weight is 688 g/mol. The number of piperidine rings is 1. The van der Waals surface area contributed by atoms with Gasteiger partial charge in [0.2, 0.25) is 0 Å². The number of nitrogens with one attached hydrogen (secondary N) is 4. The van der Waals surface area contributed by atoms with Gasteiger partial charge in [0.1, 0.15) is 11.9 Å². The van der Waals surface area contributed by atoms with Gasteiger partial charge in [0.05, 0.1) is 38.6 Å². The molecule has 0 aliphatic carbocycles. The third-order valence-electron chi connectivity index (χ3n) is 8.90. The molecule has 1 fully saturated rings. The lowest BCUT2D eigenvalue weighted by Crippen LogP contribution is -2.52. The first kappa shape index (κ1) is 33.5. The number of rotatable bonds is 8. The SMILES string of the molecule is CC(=O)c1cccc([C@H](Nc2cc(Cl)c3ncc(C#N)c(Nc4ccc(F)c(Cl)c4)c3c2)C2=CN(C3CCN(C(C)(C)C)CC3)NN2)c1. The number of fused-ring (bicyclic) bond motifs is 1. The van der Waals surface area contributed by atoms with Crippen molar-refractivity contribution in [1.29, 1.82) is 5.26 Å². The van der Waals surface area contributed by atoms with E-state index in [2.05, 4.69) is 69.5 Å². The normalized spacial score (nSPS) is 16.3. The van der Waals surface area contributed by atoms with E-state index >= 15 is 0 Å². The highest BCUT2D eigenvalue weighted by atomic mass is 35.5. The zero-order chi connectivity index (χ0) is 34.2. The number of aromatic nitrogens is 1. The quantitative estimate of drug-likeness (QED) is 0.137. The van der Waals surface area contributed by atoms with Crippen LogP contribution in [0.2, 0.25) is 10.0 Å². The molecular weight excluding hydrogens is 650 g/mol. The summed E-state index contributed by atoms with van der Waals surface area (Å²) in [5.41, 5.74) is 11.5. The van der Waals surface area contributed by atoms with Gasteiger partial charge < -0.3 is 16.1 Å². The third kappa shape index (κ3) is 7.05. The molecule has 0 unspecified atom stereocenters. The fourth-order valence-electron chi connectivity index (χ4n) is 6.23. The van der Waals surface area contributed by atoms with Crippen molar-refractivity contribution in [2.45, 2.75) is 58.2 Å². The molecule has 248 valence electrons. The van der Waals surface area contributed by atoms with E-state index in [0.717, 1.165) is 37.2 Å². The number of hydrazine groups is 2. The number of nitriles is 1. The zero-order valence-electron chi connectivity index (χ0n) is 27.2. The van der Waals surface area contributed by atoms with Crippen LogP contribution in [0.5, 0.6) is 0 Å². The number of likely N-dealkylation sites (tertiary alicyclic amines) is 1. The summed E-state index contributed by atoms with van der Waals surface area (Å²) in [4.78, 5) is 19.3. The summed E-state index contributed by atoms with van der Waals surface area (Å²) in [6.07, 6.45) is 5.55. The molecule has 3 heterocycles. The molecule has 1 aromatic heterocycles. The van der Waals surface area contributed by atoms with Crippen molar-refractivity contribution in [3.8, 4) is 6.07 Å². The molecule has 6 rings (SSSR count). The molecule has 4 N–H and O–H groups in total. The Morgan fingerprint density at radius 2 is 1.83 bits per heavy atom. The van der Waals surface area contributed by atoms with Crippen molar-refractivity contribution in [1.82, 2.24) is 25.9 Å². The van der Waals surface area contributed by atoms with Gasteiger partial charge in [-0.3, -0.25) is 19.7 Å². The smallest absolute Gasteiger partial charge is 0.159 e. The van der Waals surface area contributed by atoms with E-state index in [0.29, 0.717) is 44.6 Å². The van der Waals surface area contributed by atoms with E-state index in [9.17, 15) is 14.4 Å². The molecule has 0 saturated carbocycles. The van der Waals surface area contributed by atoms with Gasteiger partial charge in [-0.05, 0) is 82.5 Å². The fourth-order valence-corrected chi connectivity index (χ4v) is 6.68. The van der Waals surface area contributed by atoms with Crippen LogP contribution in [-0.4, -0.2) is 45.3 Å². The Kier molecular flexibility index (Phi) is 9.50. The summed E-state index contributed by atoms with van der Waals surface area (Å²) in [7, 11) is 0. The highest BCUT2D eigenvalue weighted by molar-refractivity contribution is 6.36.